The van der Waals surface area contributed by atoms with Crippen molar-refractivity contribution >= 4 is 44.7 Å². The second-order valence-electron chi connectivity index (χ2n) is 5.71. The standard InChI is InChI=1S/C15H16Cl2N4O3S/c16-11-7-10(8-18-14(11)21-5-1-2-6-21)9-25(23,24)20-12-3-4-13(17)19-15(12)22/h3-4,7-8,20H,1-2,5-6,9H2,(H,19,22). The summed E-state index contributed by atoms with van der Waals surface area (Å²) in [6.45, 7) is 1.80. The van der Waals surface area contributed by atoms with Gasteiger partial charge in [0.1, 0.15) is 16.7 Å². The third kappa shape index (κ3) is 4.45. The molecule has 2 aromatic heterocycles. The molecule has 134 valence electrons. The number of aromatic nitrogens is 2. The van der Waals surface area contributed by atoms with Gasteiger partial charge in [0.15, 0.2) is 0 Å². The summed E-state index contributed by atoms with van der Waals surface area (Å²) in [6.07, 6.45) is 3.69. The van der Waals surface area contributed by atoms with E-state index in [0.29, 0.717) is 16.4 Å². The molecule has 7 nitrogen and oxygen atoms in total. The molecule has 3 rings (SSSR count). The molecule has 0 radical (unpaired) electrons. The van der Waals surface area contributed by atoms with Crippen molar-refractivity contribution in [2.24, 2.45) is 0 Å². The van der Waals surface area contributed by atoms with Crippen LogP contribution >= 0.6 is 23.2 Å². The molecule has 3 heterocycles. The third-order valence-corrected chi connectivity index (χ3v) is 5.48. The highest BCUT2D eigenvalue weighted by Gasteiger charge is 2.19. The Morgan fingerprint density at radius 3 is 2.60 bits per heavy atom. The molecule has 25 heavy (non-hydrogen) atoms. The summed E-state index contributed by atoms with van der Waals surface area (Å²) in [5, 5.41) is 10.1. The van der Waals surface area contributed by atoms with Crippen LogP contribution < -0.4 is 9.62 Å². The average molecular weight is 403 g/mol. The van der Waals surface area contributed by atoms with E-state index >= 15 is 0 Å². The number of pyridine rings is 2. The third-order valence-electron chi connectivity index (χ3n) is 3.75. The van der Waals surface area contributed by atoms with Gasteiger partial charge in [0.05, 0.1) is 10.8 Å². The lowest BCUT2D eigenvalue weighted by Crippen LogP contribution is -2.20. The molecule has 1 saturated heterocycles. The highest BCUT2D eigenvalue weighted by Crippen LogP contribution is 2.28. The first-order valence-corrected chi connectivity index (χ1v) is 10.0. The van der Waals surface area contributed by atoms with Gasteiger partial charge >= 0.3 is 0 Å². The van der Waals surface area contributed by atoms with E-state index in [1.165, 1.54) is 18.3 Å². The first kappa shape index (κ1) is 18.0. The molecule has 0 aliphatic carbocycles. The molecule has 10 heteroatoms. The summed E-state index contributed by atoms with van der Waals surface area (Å²) >= 11 is 11.9. The molecule has 0 saturated carbocycles. The summed E-state index contributed by atoms with van der Waals surface area (Å²) < 4.78 is 26.9. The van der Waals surface area contributed by atoms with Crippen molar-refractivity contribution in [2.45, 2.75) is 18.6 Å². The second kappa shape index (κ2) is 7.23. The van der Waals surface area contributed by atoms with Crippen LogP contribution in [0.3, 0.4) is 0 Å². The van der Waals surface area contributed by atoms with Gasteiger partial charge in [0.25, 0.3) is 0 Å². The van der Waals surface area contributed by atoms with Crippen LogP contribution in [0.15, 0.2) is 24.4 Å². The van der Waals surface area contributed by atoms with Crippen molar-refractivity contribution in [3.63, 3.8) is 0 Å². The number of nitrogens with zero attached hydrogens (tertiary/aromatic N) is 3. The molecule has 0 amide bonds. The highest BCUT2D eigenvalue weighted by molar-refractivity contribution is 7.91. The fraction of sp³-hybridized carbons (Fsp3) is 0.333. The van der Waals surface area contributed by atoms with E-state index in [4.69, 9.17) is 23.2 Å². The minimum absolute atomic E-state index is 0.0443. The molecular weight excluding hydrogens is 387 g/mol. The molecule has 1 aliphatic heterocycles. The van der Waals surface area contributed by atoms with Crippen molar-refractivity contribution in [1.29, 1.82) is 0 Å². The van der Waals surface area contributed by atoms with E-state index in [1.54, 1.807) is 6.07 Å². The molecule has 0 bridgehead atoms. The summed E-state index contributed by atoms with van der Waals surface area (Å²) in [6, 6.07) is 4.31. The van der Waals surface area contributed by atoms with Crippen molar-refractivity contribution in [3.05, 3.63) is 40.1 Å². The minimum atomic E-state index is -3.78. The lowest BCUT2D eigenvalue weighted by molar-refractivity contribution is 0.456. The van der Waals surface area contributed by atoms with Gasteiger partial charge in [-0.15, -0.1) is 0 Å². The summed E-state index contributed by atoms with van der Waals surface area (Å²) in [5.74, 6) is -0.147. The summed E-state index contributed by atoms with van der Waals surface area (Å²) in [4.78, 5) is 9.97. The maximum atomic E-state index is 12.3. The van der Waals surface area contributed by atoms with Crippen molar-refractivity contribution < 1.29 is 13.5 Å². The maximum absolute atomic E-state index is 12.3. The Hall–Kier alpha value is -1.77. The average Bonchev–Trinajstić information content (AvgIpc) is 3.04. The van der Waals surface area contributed by atoms with Crippen LogP contribution in [0, 0.1) is 0 Å². The zero-order valence-corrected chi connectivity index (χ0v) is 15.4. The van der Waals surface area contributed by atoms with E-state index in [2.05, 4.69) is 19.6 Å². The fourth-order valence-corrected chi connectivity index (χ4v) is 4.25. The Morgan fingerprint density at radius 2 is 1.96 bits per heavy atom. The van der Waals surface area contributed by atoms with E-state index in [-0.39, 0.29) is 16.6 Å². The Bertz CT molecular complexity index is 886. The normalized spacial score (nSPS) is 14.7. The van der Waals surface area contributed by atoms with Gasteiger partial charge in [-0.1, -0.05) is 23.2 Å². The molecule has 0 unspecified atom stereocenters. The quantitative estimate of drug-likeness (QED) is 0.746. The second-order valence-corrected chi connectivity index (χ2v) is 8.23. The van der Waals surface area contributed by atoms with E-state index < -0.39 is 15.9 Å². The zero-order chi connectivity index (χ0) is 18.0. The molecule has 1 aliphatic rings. The Kier molecular flexibility index (Phi) is 5.21. The van der Waals surface area contributed by atoms with E-state index in [0.717, 1.165) is 25.9 Å². The lowest BCUT2D eigenvalue weighted by Gasteiger charge is -2.18. The minimum Gasteiger partial charge on any atom is -0.492 e. The number of nitrogens with one attached hydrogen (secondary N) is 1. The topological polar surface area (TPSA) is 95.4 Å². The monoisotopic (exact) mass is 402 g/mol. The van der Waals surface area contributed by atoms with Gasteiger partial charge < -0.3 is 10.0 Å². The van der Waals surface area contributed by atoms with Gasteiger partial charge in [-0.3, -0.25) is 4.72 Å². The van der Waals surface area contributed by atoms with Crippen molar-refractivity contribution in [1.82, 2.24) is 9.97 Å². The molecular formula is C15H16Cl2N4O3S. The molecule has 0 atom stereocenters. The van der Waals surface area contributed by atoms with Crippen molar-refractivity contribution in [2.75, 3.05) is 22.7 Å². The first-order valence-electron chi connectivity index (χ1n) is 7.59. The Labute approximate surface area is 155 Å². The molecule has 0 spiro atoms. The maximum Gasteiger partial charge on any atom is 0.237 e. The van der Waals surface area contributed by atoms with Crippen LogP contribution in [0.2, 0.25) is 10.2 Å². The highest BCUT2D eigenvalue weighted by atomic mass is 35.5. The molecule has 2 N–H and O–H groups in total. The van der Waals surface area contributed by atoms with E-state index in [9.17, 15) is 13.5 Å². The lowest BCUT2D eigenvalue weighted by atomic mass is 10.3. The predicted octanol–water partition coefficient (Wildman–Crippen LogP) is 3.03. The van der Waals surface area contributed by atoms with Crippen LogP contribution in [0.1, 0.15) is 18.4 Å². The van der Waals surface area contributed by atoms with Crippen LogP contribution in [0.5, 0.6) is 5.88 Å². The van der Waals surface area contributed by atoms with Gasteiger partial charge in [0.2, 0.25) is 15.9 Å². The summed E-state index contributed by atoms with van der Waals surface area (Å²) in [5.41, 5.74) is 0.402. The Balaban J connectivity index is 1.75. The predicted molar refractivity (Wildman–Crippen MR) is 97.9 cm³/mol. The van der Waals surface area contributed by atoms with Crippen LogP contribution in [-0.4, -0.2) is 36.6 Å². The Morgan fingerprint density at radius 1 is 1.24 bits per heavy atom. The zero-order valence-electron chi connectivity index (χ0n) is 13.1. The fourth-order valence-electron chi connectivity index (χ4n) is 2.64. The van der Waals surface area contributed by atoms with Crippen molar-refractivity contribution in [3.8, 4) is 5.88 Å². The smallest absolute Gasteiger partial charge is 0.237 e. The number of sulfonamides is 1. The molecule has 2 aromatic rings. The number of rotatable bonds is 5. The molecule has 1 fully saturated rings. The number of halogens is 2. The number of anilines is 2. The number of aromatic hydroxyl groups is 1. The number of hydrogen-bond acceptors (Lipinski definition) is 6. The van der Waals surface area contributed by atoms with Crippen LogP contribution in [-0.2, 0) is 15.8 Å². The SMILES string of the molecule is O=S(=O)(Cc1cnc(N2CCCC2)c(Cl)c1)Nc1ccc(Cl)nc1O. The molecule has 0 aromatic carbocycles. The van der Waals surface area contributed by atoms with Crippen LogP contribution in [0.4, 0.5) is 11.5 Å². The first-order chi connectivity index (χ1) is 11.8. The largest absolute Gasteiger partial charge is 0.492 e. The van der Waals surface area contributed by atoms with Gasteiger partial charge in [-0.25, -0.2) is 13.4 Å². The van der Waals surface area contributed by atoms with Gasteiger partial charge in [0, 0.05) is 19.3 Å². The number of hydrogen-bond donors (Lipinski definition) is 2. The summed E-state index contributed by atoms with van der Waals surface area (Å²) in [7, 11) is -3.78. The van der Waals surface area contributed by atoms with E-state index in [1.807, 2.05) is 0 Å². The van der Waals surface area contributed by atoms with Gasteiger partial charge in [-0.2, -0.15) is 4.98 Å². The van der Waals surface area contributed by atoms with Gasteiger partial charge in [-0.05, 0) is 36.6 Å². The van der Waals surface area contributed by atoms with Crippen LogP contribution in [0.25, 0.3) is 0 Å².